The third-order valence-electron chi connectivity index (χ3n) is 9.26. The Bertz CT molecular complexity index is 1820. The van der Waals surface area contributed by atoms with Gasteiger partial charge in [-0.2, -0.15) is 0 Å². The predicted molar refractivity (Wildman–Crippen MR) is 192 cm³/mol. The number of nitrogens with zero attached hydrogens (tertiary/aromatic N) is 1. The number of hydrogen-bond acceptors (Lipinski definition) is 8. The van der Waals surface area contributed by atoms with E-state index in [1.54, 1.807) is 43.3 Å². The van der Waals surface area contributed by atoms with E-state index in [9.17, 15) is 19.2 Å². The van der Waals surface area contributed by atoms with Crippen LogP contribution in [-0.4, -0.2) is 46.3 Å². The van der Waals surface area contributed by atoms with Crippen molar-refractivity contribution in [2.45, 2.75) is 69.9 Å². The molecule has 1 aliphatic heterocycles. The average molecular weight is 743 g/mol. The third kappa shape index (κ3) is 8.16. The Hall–Kier alpha value is -3.93. The molecule has 13 heteroatoms. The lowest BCUT2D eigenvalue weighted by Crippen LogP contribution is -2.42. The van der Waals surface area contributed by atoms with Crippen molar-refractivity contribution in [1.29, 1.82) is 0 Å². The van der Waals surface area contributed by atoms with E-state index in [0.717, 1.165) is 16.7 Å². The largest absolute Gasteiger partial charge is 0.463 e. The van der Waals surface area contributed by atoms with Crippen LogP contribution in [0.25, 0.3) is 0 Å². The number of nitrogens with two attached hydrogens (primary N) is 1. The van der Waals surface area contributed by atoms with Crippen molar-refractivity contribution in [3.63, 3.8) is 0 Å². The Morgan fingerprint density at radius 1 is 0.940 bits per heavy atom. The Morgan fingerprint density at radius 3 is 1.92 bits per heavy atom. The van der Waals surface area contributed by atoms with Crippen LogP contribution in [0.5, 0.6) is 0 Å². The molecule has 1 saturated heterocycles. The van der Waals surface area contributed by atoms with E-state index in [1.807, 2.05) is 50.2 Å². The average Bonchev–Trinajstić information content (AvgIpc) is 3.50. The fourth-order valence-electron chi connectivity index (χ4n) is 6.11. The molecule has 3 aromatic carbocycles. The summed E-state index contributed by atoms with van der Waals surface area (Å²) in [6.45, 7) is 5.01. The van der Waals surface area contributed by atoms with Gasteiger partial charge < -0.3 is 19.9 Å². The van der Waals surface area contributed by atoms with Crippen molar-refractivity contribution < 1.29 is 23.8 Å². The zero-order valence-electron chi connectivity index (χ0n) is 27.7. The van der Waals surface area contributed by atoms with Crippen LogP contribution < -0.4 is 17.0 Å². The van der Waals surface area contributed by atoms with E-state index >= 15 is 0 Å². The smallest absolute Gasteiger partial charge is 0.330 e. The molecule has 3 N–H and O–H groups in total. The molecule has 0 saturated carbocycles. The molecular formula is C37H38Cl3N3O7. The van der Waals surface area contributed by atoms with Crippen LogP contribution in [0.2, 0.25) is 15.1 Å². The first-order valence-electron chi connectivity index (χ1n) is 16.2. The highest BCUT2D eigenvalue weighted by molar-refractivity contribution is 6.31. The van der Waals surface area contributed by atoms with Gasteiger partial charge in [0.2, 0.25) is 0 Å². The Morgan fingerprint density at radius 2 is 1.44 bits per heavy atom. The molecule has 5 atom stereocenters. The number of H-pyrrole nitrogens is 1. The fraction of sp³-hybridized carbons (Fsp3) is 0.351. The van der Waals surface area contributed by atoms with Crippen LogP contribution in [0, 0.1) is 12.8 Å². The lowest BCUT2D eigenvalue weighted by molar-refractivity contribution is -0.160. The van der Waals surface area contributed by atoms with E-state index in [1.165, 1.54) is 10.8 Å². The topological polar surface area (TPSA) is 143 Å². The molecule has 1 fully saturated rings. The molecule has 4 aromatic rings. The maximum Gasteiger partial charge on any atom is 0.330 e. The first kappa shape index (κ1) is 37.3. The van der Waals surface area contributed by atoms with Crippen LogP contribution in [0.4, 0.5) is 0 Å². The number of aryl methyl sites for hydroxylation is 1. The monoisotopic (exact) mass is 741 g/mol. The summed E-state index contributed by atoms with van der Waals surface area (Å²) in [7, 11) is 0. The SMILES string of the molecule is CC[C@H](C)[C@H](N)C(=O)O[C@H]1C[C@H](n2cc(C)c(=O)[nH]c2=O)O[C@@H]1COC(=O)CC(c1ccc(Cl)cc1)(c1ccc(Cl)cc1)c1ccc(Cl)cc1. The Labute approximate surface area is 304 Å². The van der Waals surface area contributed by atoms with Crippen LogP contribution >= 0.6 is 34.8 Å². The number of hydrogen-bond donors (Lipinski definition) is 2. The molecule has 0 aliphatic carbocycles. The molecule has 1 aromatic heterocycles. The molecule has 0 bridgehead atoms. The maximum absolute atomic E-state index is 14.0. The summed E-state index contributed by atoms with van der Waals surface area (Å²) >= 11 is 18.8. The minimum absolute atomic E-state index is 0.0524. The number of esters is 2. The lowest BCUT2D eigenvalue weighted by Gasteiger charge is -2.35. The second kappa shape index (κ2) is 16.0. The van der Waals surface area contributed by atoms with Gasteiger partial charge in [-0.1, -0.05) is 91.5 Å². The van der Waals surface area contributed by atoms with Crippen molar-refractivity contribution in [1.82, 2.24) is 9.55 Å². The zero-order chi connectivity index (χ0) is 36.2. The number of nitrogens with one attached hydrogen (secondary N) is 1. The van der Waals surface area contributed by atoms with E-state index in [4.69, 9.17) is 54.7 Å². The van der Waals surface area contributed by atoms with Gasteiger partial charge in [0.15, 0.2) is 0 Å². The van der Waals surface area contributed by atoms with Gasteiger partial charge in [0.05, 0.1) is 11.8 Å². The highest BCUT2D eigenvalue weighted by atomic mass is 35.5. The summed E-state index contributed by atoms with van der Waals surface area (Å²) in [6.07, 6.45) is -0.856. The van der Waals surface area contributed by atoms with Crippen LogP contribution in [0.1, 0.15) is 61.6 Å². The van der Waals surface area contributed by atoms with Crippen molar-refractivity contribution in [2.75, 3.05) is 6.61 Å². The molecule has 50 heavy (non-hydrogen) atoms. The molecule has 1 aliphatic rings. The van der Waals surface area contributed by atoms with Gasteiger partial charge in [-0.25, -0.2) is 4.79 Å². The second-order valence-corrected chi connectivity index (χ2v) is 13.8. The lowest BCUT2D eigenvalue weighted by atomic mass is 9.67. The van der Waals surface area contributed by atoms with Gasteiger partial charge in [-0.05, 0) is 65.9 Å². The summed E-state index contributed by atoms with van der Waals surface area (Å²) in [5.74, 6) is -1.37. The van der Waals surface area contributed by atoms with Gasteiger partial charge in [0.25, 0.3) is 5.56 Å². The summed E-state index contributed by atoms with van der Waals surface area (Å²) in [5.41, 5.74) is 6.47. The number of carbonyl (C=O) groups excluding carboxylic acids is 2. The number of halogens is 3. The molecule has 0 unspecified atom stereocenters. The van der Waals surface area contributed by atoms with Crippen molar-refractivity contribution in [2.24, 2.45) is 11.7 Å². The number of aromatic amines is 1. The third-order valence-corrected chi connectivity index (χ3v) is 10.0. The first-order valence-corrected chi connectivity index (χ1v) is 17.3. The van der Waals surface area contributed by atoms with Gasteiger partial charge >= 0.3 is 17.6 Å². The normalized spacial score (nSPS) is 18.7. The predicted octanol–water partition coefficient (Wildman–Crippen LogP) is 6.35. The molecular weight excluding hydrogens is 705 g/mol. The van der Waals surface area contributed by atoms with Crippen molar-refractivity contribution >= 4 is 46.7 Å². The molecule has 10 nitrogen and oxygen atoms in total. The molecule has 0 radical (unpaired) electrons. The number of ether oxygens (including phenoxy) is 3. The molecule has 264 valence electrons. The summed E-state index contributed by atoms with van der Waals surface area (Å²) in [5, 5.41) is 1.57. The quantitative estimate of drug-likeness (QED) is 0.126. The van der Waals surface area contributed by atoms with E-state index < -0.39 is 53.1 Å². The fourth-order valence-corrected chi connectivity index (χ4v) is 6.49. The van der Waals surface area contributed by atoms with E-state index in [0.29, 0.717) is 27.1 Å². The number of aromatic nitrogens is 2. The van der Waals surface area contributed by atoms with Crippen LogP contribution in [0.15, 0.2) is 88.6 Å². The highest BCUT2D eigenvalue weighted by Crippen LogP contribution is 2.44. The van der Waals surface area contributed by atoms with Crippen LogP contribution in [0.3, 0.4) is 0 Å². The minimum Gasteiger partial charge on any atom is -0.463 e. The zero-order valence-corrected chi connectivity index (χ0v) is 30.0. The molecule has 2 heterocycles. The molecule has 0 spiro atoms. The summed E-state index contributed by atoms with van der Waals surface area (Å²) in [4.78, 5) is 54.1. The standard InChI is InChI=1S/C37H38Cl3N3O7/c1-4-21(2)33(41)35(46)50-29-17-31(43-19-22(3)34(45)42-36(43)47)49-30(29)20-48-32(44)18-37(23-5-11-26(38)12-6-23,24-7-13-27(39)14-8-24)25-9-15-28(40)16-10-25/h5-16,19,21,29-31,33H,4,17-18,20,41H2,1-3H3,(H,42,45,47)/t21-,29-,30+,31+,33-/m0/s1. The van der Waals surface area contributed by atoms with Gasteiger partial charge in [-0.3, -0.25) is 23.9 Å². The number of carbonyl (C=O) groups is 2. The van der Waals surface area contributed by atoms with Crippen molar-refractivity contribution in [3.8, 4) is 0 Å². The van der Waals surface area contributed by atoms with Gasteiger partial charge in [0, 0.05) is 33.2 Å². The highest BCUT2D eigenvalue weighted by Gasteiger charge is 2.43. The van der Waals surface area contributed by atoms with E-state index in [2.05, 4.69) is 4.98 Å². The Kier molecular flexibility index (Phi) is 11.9. The van der Waals surface area contributed by atoms with Crippen molar-refractivity contribution in [3.05, 3.63) is 137 Å². The van der Waals surface area contributed by atoms with Gasteiger partial charge in [-0.15, -0.1) is 0 Å². The van der Waals surface area contributed by atoms with Gasteiger partial charge in [0.1, 0.15) is 31.1 Å². The maximum atomic E-state index is 14.0. The minimum atomic E-state index is -1.06. The van der Waals surface area contributed by atoms with E-state index in [-0.39, 0.29) is 25.4 Å². The summed E-state index contributed by atoms with van der Waals surface area (Å²) in [6, 6.07) is 20.7. The first-order chi connectivity index (χ1) is 23.8. The number of rotatable bonds is 12. The summed E-state index contributed by atoms with van der Waals surface area (Å²) < 4.78 is 19.1. The number of benzene rings is 3. The second-order valence-electron chi connectivity index (χ2n) is 12.5. The van der Waals surface area contributed by atoms with Crippen LogP contribution in [-0.2, 0) is 29.2 Å². The molecule has 0 amide bonds. The Balaban J connectivity index is 1.46. The molecule has 5 rings (SSSR count).